The van der Waals surface area contributed by atoms with Crippen LogP contribution >= 0.6 is 11.3 Å². The fourth-order valence-corrected chi connectivity index (χ4v) is 5.34. The molecule has 4 rings (SSSR count). The van der Waals surface area contributed by atoms with Crippen molar-refractivity contribution >= 4 is 27.5 Å². The summed E-state index contributed by atoms with van der Waals surface area (Å²) in [5, 5.41) is 4.21. The van der Waals surface area contributed by atoms with Crippen LogP contribution in [0.15, 0.2) is 30.3 Å². The molecule has 28 heavy (non-hydrogen) atoms. The average Bonchev–Trinajstić information content (AvgIpc) is 3.31. The number of hydrogen-bond acceptors (Lipinski definition) is 5. The molecule has 5 nitrogen and oxygen atoms in total. The van der Waals surface area contributed by atoms with E-state index in [9.17, 15) is 4.79 Å². The molecule has 0 saturated carbocycles. The van der Waals surface area contributed by atoms with Crippen LogP contribution in [0.2, 0.25) is 0 Å². The predicted molar refractivity (Wildman–Crippen MR) is 114 cm³/mol. The average molecular weight is 395 g/mol. The quantitative estimate of drug-likeness (QED) is 0.705. The lowest BCUT2D eigenvalue weighted by Crippen LogP contribution is -2.36. The van der Waals surface area contributed by atoms with Gasteiger partial charge in [0.2, 0.25) is 0 Å². The van der Waals surface area contributed by atoms with Crippen molar-refractivity contribution in [3.63, 3.8) is 0 Å². The van der Waals surface area contributed by atoms with Gasteiger partial charge in [0.1, 0.15) is 10.7 Å². The van der Waals surface area contributed by atoms with Crippen LogP contribution in [-0.2, 0) is 0 Å². The SMILES string of the molecule is Cc1nc(C)c2c(C)c(C(=O)NCC(c3ccccc3)N3CCCC3)sc2n1. The lowest BCUT2D eigenvalue weighted by molar-refractivity contribution is 0.0941. The van der Waals surface area contributed by atoms with Gasteiger partial charge in [0.25, 0.3) is 5.91 Å². The van der Waals surface area contributed by atoms with Gasteiger partial charge in [0, 0.05) is 17.6 Å². The zero-order valence-corrected chi connectivity index (χ0v) is 17.5. The van der Waals surface area contributed by atoms with E-state index < -0.39 is 0 Å². The van der Waals surface area contributed by atoms with E-state index in [-0.39, 0.29) is 11.9 Å². The first kappa shape index (κ1) is 19.0. The number of carbonyl (C=O) groups excluding carboxylic acids is 1. The van der Waals surface area contributed by atoms with Gasteiger partial charge in [-0.3, -0.25) is 9.69 Å². The second kappa shape index (κ2) is 7.97. The summed E-state index contributed by atoms with van der Waals surface area (Å²) in [5.74, 6) is 0.731. The van der Waals surface area contributed by atoms with Crippen molar-refractivity contribution in [3.8, 4) is 0 Å². The van der Waals surface area contributed by atoms with Crippen LogP contribution in [0.3, 0.4) is 0 Å². The number of nitrogens with one attached hydrogen (secondary N) is 1. The van der Waals surface area contributed by atoms with Gasteiger partial charge in [0.15, 0.2) is 0 Å². The largest absolute Gasteiger partial charge is 0.349 e. The Morgan fingerprint density at radius 3 is 2.57 bits per heavy atom. The third kappa shape index (κ3) is 3.66. The van der Waals surface area contributed by atoms with E-state index in [1.54, 1.807) is 0 Å². The molecule has 1 amide bonds. The van der Waals surface area contributed by atoms with Crippen molar-refractivity contribution in [2.75, 3.05) is 19.6 Å². The van der Waals surface area contributed by atoms with E-state index in [4.69, 9.17) is 0 Å². The van der Waals surface area contributed by atoms with Gasteiger partial charge in [-0.2, -0.15) is 0 Å². The van der Waals surface area contributed by atoms with Crippen molar-refractivity contribution in [3.05, 3.63) is 57.9 Å². The lowest BCUT2D eigenvalue weighted by Gasteiger charge is -2.28. The van der Waals surface area contributed by atoms with Crippen LogP contribution in [0.5, 0.6) is 0 Å². The van der Waals surface area contributed by atoms with Crippen molar-refractivity contribution in [2.45, 2.75) is 39.7 Å². The predicted octanol–water partition coefficient (Wildman–Crippen LogP) is 4.18. The summed E-state index contributed by atoms with van der Waals surface area (Å²) >= 11 is 1.46. The van der Waals surface area contributed by atoms with E-state index >= 15 is 0 Å². The molecule has 1 aliphatic heterocycles. The van der Waals surface area contributed by atoms with Gasteiger partial charge in [0.05, 0.1) is 10.9 Å². The van der Waals surface area contributed by atoms with Gasteiger partial charge in [-0.1, -0.05) is 30.3 Å². The summed E-state index contributed by atoms with van der Waals surface area (Å²) < 4.78 is 0. The number of aromatic nitrogens is 2. The Kier molecular flexibility index (Phi) is 5.42. The van der Waals surface area contributed by atoms with Crippen molar-refractivity contribution in [1.29, 1.82) is 0 Å². The molecule has 0 aliphatic carbocycles. The monoisotopic (exact) mass is 394 g/mol. The molecule has 1 atom stereocenters. The number of nitrogens with zero attached hydrogens (tertiary/aromatic N) is 3. The Bertz CT molecular complexity index is 993. The van der Waals surface area contributed by atoms with E-state index in [0.717, 1.165) is 45.3 Å². The fraction of sp³-hybridized carbons (Fsp3) is 0.409. The highest BCUT2D eigenvalue weighted by Crippen LogP contribution is 2.31. The number of fused-ring (bicyclic) bond motifs is 1. The third-order valence-corrected chi connectivity index (χ3v) is 6.70. The molecule has 1 aromatic carbocycles. The number of hydrogen-bond donors (Lipinski definition) is 1. The van der Waals surface area contributed by atoms with Crippen LogP contribution < -0.4 is 5.32 Å². The number of carbonyl (C=O) groups is 1. The van der Waals surface area contributed by atoms with E-state index in [0.29, 0.717) is 6.54 Å². The van der Waals surface area contributed by atoms with Gasteiger partial charge in [-0.25, -0.2) is 9.97 Å². The van der Waals surface area contributed by atoms with E-state index in [2.05, 4.69) is 44.5 Å². The molecular weight excluding hydrogens is 368 g/mol. The summed E-state index contributed by atoms with van der Waals surface area (Å²) in [4.78, 5) is 26.1. The second-order valence-corrected chi connectivity index (χ2v) is 8.47. The van der Waals surface area contributed by atoms with Gasteiger partial charge in [-0.05, 0) is 57.8 Å². The molecular formula is C22H26N4OS. The van der Waals surface area contributed by atoms with Crippen LogP contribution in [-0.4, -0.2) is 40.4 Å². The number of likely N-dealkylation sites (tertiary alicyclic amines) is 1. The van der Waals surface area contributed by atoms with Crippen molar-refractivity contribution in [2.24, 2.45) is 0 Å². The molecule has 1 saturated heterocycles. The molecule has 1 aliphatic rings. The highest BCUT2D eigenvalue weighted by Gasteiger charge is 2.25. The summed E-state index contributed by atoms with van der Waals surface area (Å²) in [7, 11) is 0. The van der Waals surface area contributed by atoms with Gasteiger partial charge in [-0.15, -0.1) is 11.3 Å². The number of aryl methyl sites for hydroxylation is 3. The Labute approximate surface area is 169 Å². The Morgan fingerprint density at radius 2 is 1.86 bits per heavy atom. The number of benzene rings is 1. The summed E-state index contributed by atoms with van der Waals surface area (Å²) in [6.45, 7) is 8.66. The molecule has 3 aromatic rings. The molecule has 6 heteroatoms. The van der Waals surface area contributed by atoms with Gasteiger partial charge >= 0.3 is 0 Å². The smallest absolute Gasteiger partial charge is 0.261 e. The van der Waals surface area contributed by atoms with Crippen LogP contribution in [0.25, 0.3) is 10.2 Å². The first-order valence-electron chi connectivity index (χ1n) is 9.86. The van der Waals surface area contributed by atoms with E-state index in [1.165, 1.54) is 29.7 Å². The highest BCUT2D eigenvalue weighted by atomic mass is 32.1. The molecule has 146 valence electrons. The standard InChI is InChI=1S/C22H26N4OS/c1-14-19-15(2)24-16(3)25-22(19)28-20(14)21(27)23-13-18(26-11-7-8-12-26)17-9-5-4-6-10-17/h4-6,9-10,18H,7-8,11-13H2,1-3H3,(H,23,27). The van der Waals surface area contributed by atoms with Crippen LogP contribution in [0.4, 0.5) is 0 Å². The Balaban J connectivity index is 1.56. The molecule has 1 fully saturated rings. The van der Waals surface area contributed by atoms with Crippen molar-refractivity contribution in [1.82, 2.24) is 20.2 Å². The van der Waals surface area contributed by atoms with E-state index in [1.807, 2.05) is 26.8 Å². The minimum atomic E-state index is -0.0160. The number of rotatable bonds is 5. The maximum Gasteiger partial charge on any atom is 0.261 e. The Morgan fingerprint density at radius 1 is 1.14 bits per heavy atom. The number of thiophene rings is 1. The topological polar surface area (TPSA) is 58.1 Å². The van der Waals surface area contributed by atoms with Crippen LogP contribution in [0, 0.1) is 20.8 Å². The third-order valence-electron chi connectivity index (χ3n) is 5.51. The molecule has 0 radical (unpaired) electrons. The highest BCUT2D eigenvalue weighted by molar-refractivity contribution is 7.20. The summed E-state index contributed by atoms with van der Waals surface area (Å²) in [6, 6.07) is 10.7. The van der Waals surface area contributed by atoms with Crippen molar-refractivity contribution < 1.29 is 4.79 Å². The molecule has 1 unspecified atom stereocenters. The molecule has 0 bridgehead atoms. The zero-order valence-electron chi connectivity index (χ0n) is 16.7. The minimum Gasteiger partial charge on any atom is -0.349 e. The summed E-state index contributed by atoms with van der Waals surface area (Å²) in [6.07, 6.45) is 2.45. The van der Waals surface area contributed by atoms with Gasteiger partial charge < -0.3 is 5.32 Å². The summed E-state index contributed by atoms with van der Waals surface area (Å²) in [5.41, 5.74) is 3.18. The number of amides is 1. The zero-order chi connectivity index (χ0) is 19.7. The molecule has 0 spiro atoms. The lowest BCUT2D eigenvalue weighted by atomic mass is 10.1. The second-order valence-electron chi connectivity index (χ2n) is 7.47. The first-order chi connectivity index (χ1) is 13.5. The fourth-order valence-electron chi connectivity index (χ4n) is 4.15. The minimum absolute atomic E-state index is 0.0160. The van der Waals surface area contributed by atoms with Crippen LogP contribution in [0.1, 0.15) is 51.2 Å². The maximum atomic E-state index is 13.0. The Hall–Kier alpha value is -2.31. The molecule has 2 aromatic heterocycles. The first-order valence-corrected chi connectivity index (χ1v) is 10.7. The molecule has 1 N–H and O–H groups in total. The molecule has 3 heterocycles. The maximum absolute atomic E-state index is 13.0. The normalized spacial score (nSPS) is 15.8.